The lowest BCUT2D eigenvalue weighted by Crippen LogP contribution is -2.11. The molecule has 26 heavy (non-hydrogen) atoms. The fourth-order valence-corrected chi connectivity index (χ4v) is 3.60. The number of carbonyl (C=O) groups is 1. The summed E-state index contributed by atoms with van der Waals surface area (Å²) in [6, 6.07) is 26.2. The molecule has 0 radical (unpaired) electrons. The summed E-state index contributed by atoms with van der Waals surface area (Å²) < 4.78 is 0. The lowest BCUT2D eigenvalue weighted by Gasteiger charge is -2.08. The van der Waals surface area contributed by atoms with Crippen molar-refractivity contribution in [1.82, 2.24) is 0 Å². The Morgan fingerprint density at radius 3 is 2.35 bits per heavy atom. The molecule has 1 amide bonds. The molecule has 3 aromatic rings. The minimum Gasteiger partial charge on any atom is -0.322 e. The van der Waals surface area contributed by atoms with Gasteiger partial charge in [-0.3, -0.25) is 4.79 Å². The van der Waals surface area contributed by atoms with Gasteiger partial charge in [0.1, 0.15) is 0 Å². The van der Waals surface area contributed by atoms with Crippen LogP contribution in [0.5, 0.6) is 0 Å². The molecule has 1 saturated carbocycles. The van der Waals surface area contributed by atoms with E-state index in [1.54, 1.807) is 0 Å². The molecule has 3 aromatic carbocycles. The Morgan fingerprint density at radius 2 is 1.65 bits per heavy atom. The van der Waals surface area contributed by atoms with E-state index in [1.807, 2.05) is 54.6 Å². The molecule has 2 nitrogen and oxygen atoms in total. The molecule has 1 aliphatic carbocycles. The molecule has 2 heteroatoms. The van der Waals surface area contributed by atoms with Crippen molar-refractivity contribution >= 4 is 11.6 Å². The van der Waals surface area contributed by atoms with E-state index in [4.69, 9.17) is 0 Å². The monoisotopic (exact) mass is 341 g/mol. The Morgan fingerprint density at radius 1 is 0.923 bits per heavy atom. The molecule has 0 aliphatic heterocycles. The van der Waals surface area contributed by atoms with E-state index in [2.05, 4.69) is 36.5 Å². The second-order valence-electron chi connectivity index (χ2n) is 7.03. The largest absolute Gasteiger partial charge is 0.322 e. The number of anilines is 1. The first-order chi connectivity index (χ1) is 12.7. The number of amides is 1. The molecule has 0 aromatic heterocycles. The third-order valence-corrected chi connectivity index (χ3v) is 5.27. The zero-order chi connectivity index (χ0) is 17.9. The number of nitrogens with one attached hydrogen (secondary N) is 1. The van der Waals surface area contributed by atoms with Gasteiger partial charge in [-0.2, -0.15) is 0 Å². The molecule has 1 fully saturated rings. The van der Waals surface area contributed by atoms with E-state index in [0.717, 1.165) is 22.7 Å². The van der Waals surface area contributed by atoms with Crippen LogP contribution >= 0.6 is 0 Å². The van der Waals surface area contributed by atoms with Crippen molar-refractivity contribution in [3.8, 4) is 11.1 Å². The standard InChI is InChI=1S/C24H23NO/c1-2-17-16-23(17)21-9-6-10-22(15-21)25-24(26)20-13-11-19(12-14-20)18-7-4-3-5-8-18/h3-15,17,23H,2,16H2,1H3,(H,25,26)/t17-,23+/m0/s1. The summed E-state index contributed by atoms with van der Waals surface area (Å²) in [5.74, 6) is 1.41. The lowest BCUT2D eigenvalue weighted by molar-refractivity contribution is 0.102. The first-order valence-electron chi connectivity index (χ1n) is 9.31. The number of rotatable bonds is 5. The fraction of sp³-hybridized carbons (Fsp3) is 0.208. The van der Waals surface area contributed by atoms with E-state index >= 15 is 0 Å². The van der Waals surface area contributed by atoms with Gasteiger partial charge in [0.2, 0.25) is 0 Å². The van der Waals surface area contributed by atoms with Crippen molar-refractivity contribution in [2.75, 3.05) is 5.32 Å². The highest BCUT2D eigenvalue weighted by Gasteiger charge is 2.36. The van der Waals surface area contributed by atoms with Gasteiger partial charge in [-0.05, 0) is 59.2 Å². The van der Waals surface area contributed by atoms with Gasteiger partial charge in [-0.15, -0.1) is 0 Å². The number of carbonyl (C=O) groups excluding carboxylic acids is 1. The van der Waals surface area contributed by atoms with Crippen LogP contribution in [0.25, 0.3) is 11.1 Å². The van der Waals surface area contributed by atoms with Crippen molar-refractivity contribution in [3.63, 3.8) is 0 Å². The number of hydrogen-bond acceptors (Lipinski definition) is 1. The lowest BCUT2D eigenvalue weighted by atomic mass is 10.0. The van der Waals surface area contributed by atoms with Crippen LogP contribution in [0.4, 0.5) is 5.69 Å². The third-order valence-electron chi connectivity index (χ3n) is 5.27. The maximum atomic E-state index is 12.6. The van der Waals surface area contributed by atoms with Crippen molar-refractivity contribution in [3.05, 3.63) is 90.0 Å². The fourth-order valence-electron chi connectivity index (χ4n) is 3.60. The van der Waals surface area contributed by atoms with E-state index < -0.39 is 0 Å². The summed E-state index contributed by atoms with van der Waals surface area (Å²) in [7, 11) is 0. The van der Waals surface area contributed by atoms with Gasteiger partial charge in [0.15, 0.2) is 0 Å². The summed E-state index contributed by atoms with van der Waals surface area (Å²) in [5, 5.41) is 3.03. The van der Waals surface area contributed by atoms with E-state index in [-0.39, 0.29) is 5.91 Å². The van der Waals surface area contributed by atoms with Gasteiger partial charge < -0.3 is 5.32 Å². The summed E-state index contributed by atoms with van der Waals surface area (Å²) in [4.78, 5) is 12.6. The van der Waals surface area contributed by atoms with Crippen molar-refractivity contribution in [1.29, 1.82) is 0 Å². The molecular formula is C24H23NO. The first kappa shape index (κ1) is 16.6. The predicted octanol–water partition coefficient (Wildman–Crippen LogP) is 6.12. The highest BCUT2D eigenvalue weighted by molar-refractivity contribution is 6.04. The van der Waals surface area contributed by atoms with Crippen molar-refractivity contribution < 1.29 is 4.79 Å². The highest BCUT2D eigenvalue weighted by Crippen LogP contribution is 2.49. The Labute approximate surface area is 154 Å². The van der Waals surface area contributed by atoms with Crippen LogP contribution < -0.4 is 5.32 Å². The van der Waals surface area contributed by atoms with Crippen molar-refractivity contribution in [2.45, 2.75) is 25.7 Å². The Bertz CT molecular complexity index is 899. The number of benzene rings is 3. The van der Waals surface area contributed by atoms with Crippen LogP contribution in [-0.2, 0) is 0 Å². The normalized spacial score (nSPS) is 18.3. The topological polar surface area (TPSA) is 29.1 Å². The van der Waals surface area contributed by atoms with Crippen LogP contribution in [0.3, 0.4) is 0 Å². The van der Waals surface area contributed by atoms with Crippen molar-refractivity contribution in [2.24, 2.45) is 5.92 Å². The third kappa shape index (κ3) is 3.55. The molecule has 1 N–H and O–H groups in total. The summed E-state index contributed by atoms with van der Waals surface area (Å²) in [6.45, 7) is 2.25. The van der Waals surface area contributed by atoms with E-state index in [1.165, 1.54) is 18.4 Å². The quantitative estimate of drug-likeness (QED) is 0.595. The molecular weight excluding hydrogens is 318 g/mol. The van der Waals surface area contributed by atoms with Gasteiger partial charge in [-0.1, -0.05) is 67.9 Å². The molecule has 0 bridgehead atoms. The summed E-state index contributed by atoms with van der Waals surface area (Å²) in [5.41, 5.74) is 5.16. The SMILES string of the molecule is CC[C@H]1C[C@H]1c1cccc(NC(=O)c2ccc(-c3ccccc3)cc2)c1. The molecule has 0 unspecified atom stereocenters. The summed E-state index contributed by atoms with van der Waals surface area (Å²) in [6.07, 6.45) is 2.50. The van der Waals surface area contributed by atoms with Gasteiger partial charge in [0.05, 0.1) is 0 Å². The summed E-state index contributed by atoms with van der Waals surface area (Å²) >= 11 is 0. The van der Waals surface area contributed by atoms with Crippen LogP contribution in [0.15, 0.2) is 78.9 Å². The van der Waals surface area contributed by atoms with Gasteiger partial charge >= 0.3 is 0 Å². The van der Waals surface area contributed by atoms with Gasteiger partial charge in [0, 0.05) is 11.3 Å². The minimum atomic E-state index is -0.0652. The molecule has 0 heterocycles. The molecule has 0 saturated heterocycles. The van der Waals surface area contributed by atoms with Gasteiger partial charge in [-0.25, -0.2) is 0 Å². The van der Waals surface area contributed by atoms with Crippen LogP contribution in [0.2, 0.25) is 0 Å². The van der Waals surface area contributed by atoms with Gasteiger partial charge in [0.25, 0.3) is 5.91 Å². The van der Waals surface area contributed by atoms with E-state index in [0.29, 0.717) is 11.5 Å². The maximum absolute atomic E-state index is 12.6. The zero-order valence-electron chi connectivity index (χ0n) is 15.0. The Hall–Kier alpha value is -2.87. The zero-order valence-corrected chi connectivity index (χ0v) is 15.0. The minimum absolute atomic E-state index is 0.0652. The first-order valence-corrected chi connectivity index (χ1v) is 9.31. The molecule has 1 aliphatic rings. The predicted molar refractivity (Wildman–Crippen MR) is 107 cm³/mol. The second-order valence-corrected chi connectivity index (χ2v) is 7.03. The Balaban J connectivity index is 1.46. The maximum Gasteiger partial charge on any atom is 0.255 e. The number of hydrogen-bond donors (Lipinski definition) is 1. The van der Waals surface area contributed by atoms with E-state index in [9.17, 15) is 4.79 Å². The second kappa shape index (κ2) is 7.17. The van der Waals surface area contributed by atoms with Crippen LogP contribution in [-0.4, -0.2) is 5.91 Å². The molecule has 0 spiro atoms. The smallest absolute Gasteiger partial charge is 0.255 e. The van der Waals surface area contributed by atoms with Crippen LogP contribution in [0.1, 0.15) is 41.6 Å². The Kier molecular flexibility index (Phi) is 4.57. The molecule has 2 atom stereocenters. The molecule has 4 rings (SSSR count). The highest BCUT2D eigenvalue weighted by atomic mass is 16.1. The van der Waals surface area contributed by atoms with Crippen LogP contribution in [0, 0.1) is 5.92 Å². The average molecular weight is 341 g/mol. The average Bonchev–Trinajstić information content (AvgIpc) is 3.49. The molecule has 130 valence electrons.